The van der Waals surface area contributed by atoms with Crippen molar-refractivity contribution < 1.29 is 4.21 Å². The van der Waals surface area contributed by atoms with Crippen molar-refractivity contribution in [3.8, 4) is 0 Å². The largest absolute Gasteiger partial charge is 0.259 e. The van der Waals surface area contributed by atoms with Crippen LogP contribution in [0.1, 0.15) is 23.4 Å². The lowest BCUT2D eigenvalue weighted by molar-refractivity contribution is 0.678. The molecule has 0 radical (unpaired) electrons. The lowest BCUT2D eigenvalue weighted by Crippen LogP contribution is -1.97. The number of hydrogen-bond acceptors (Lipinski definition) is 3. The molecule has 0 aromatic carbocycles. The summed E-state index contributed by atoms with van der Waals surface area (Å²) in [5.74, 6) is 0.437. The number of rotatable bonds is 0. The van der Waals surface area contributed by atoms with E-state index in [1.54, 1.807) is 0 Å². The molecule has 1 aromatic heterocycles. The van der Waals surface area contributed by atoms with Crippen molar-refractivity contribution in [1.29, 1.82) is 0 Å². The van der Waals surface area contributed by atoms with Crippen LogP contribution in [0.15, 0.2) is 0 Å². The molecule has 0 amide bonds. The van der Waals surface area contributed by atoms with Gasteiger partial charge in [-0.25, -0.2) is 9.97 Å². The predicted octanol–water partition coefficient (Wildman–Crippen LogP) is 2.11. The average molecular weight is 237 g/mol. The molecule has 2 atom stereocenters. The van der Waals surface area contributed by atoms with Crippen LogP contribution in [0.3, 0.4) is 0 Å². The highest BCUT2D eigenvalue weighted by Crippen LogP contribution is 2.35. The summed E-state index contributed by atoms with van der Waals surface area (Å²) < 4.78 is 11.4. The van der Waals surface area contributed by atoms with Crippen LogP contribution < -0.4 is 0 Å². The Hall–Kier alpha value is -0.190. The van der Waals surface area contributed by atoms with E-state index in [1.807, 2.05) is 6.92 Å². The smallest absolute Gasteiger partial charge is 0.224 e. The Morgan fingerprint density at radius 3 is 2.85 bits per heavy atom. The minimum absolute atomic E-state index is 0.0898. The quantitative estimate of drug-likeness (QED) is 0.512. The van der Waals surface area contributed by atoms with Crippen molar-refractivity contribution in [3.63, 3.8) is 0 Å². The van der Waals surface area contributed by atoms with Gasteiger partial charge < -0.3 is 0 Å². The van der Waals surface area contributed by atoms with Gasteiger partial charge >= 0.3 is 0 Å². The number of hydrogen-bond donors (Lipinski definition) is 0. The van der Waals surface area contributed by atoms with E-state index in [4.69, 9.17) is 23.2 Å². The molecule has 0 aliphatic carbocycles. The first-order chi connectivity index (χ1) is 6.09. The Kier molecular flexibility index (Phi) is 2.30. The maximum absolute atomic E-state index is 11.4. The average Bonchev–Trinajstić information content (AvgIpc) is 2.32. The molecule has 0 fully saturated rings. The van der Waals surface area contributed by atoms with E-state index < -0.39 is 10.8 Å². The molecule has 0 spiro atoms. The number of aromatic nitrogens is 2. The number of nitrogens with zero attached hydrogens (tertiary/aromatic N) is 2. The van der Waals surface area contributed by atoms with E-state index in [0.29, 0.717) is 10.9 Å². The third-order valence-corrected chi connectivity index (χ3v) is 4.09. The summed E-state index contributed by atoms with van der Waals surface area (Å²) in [4.78, 5) is 7.82. The molecule has 2 unspecified atom stereocenters. The zero-order valence-electron chi connectivity index (χ0n) is 6.75. The first-order valence-corrected chi connectivity index (χ1v) is 5.82. The molecule has 0 saturated carbocycles. The van der Waals surface area contributed by atoms with Gasteiger partial charge in [-0.05, 0) is 18.5 Å². The highest BCUT2D eigenvalue weighted by atomic mass is 35.5. The fourth-order valence-corrected chi connectivity index (χ4v) is 3.11. The van der Waals surface area contributed by atoms with Crippen molar-refractivity contribution in [2.24, 2.45) is 0 Å². The van der Waals surface area contributed by atoms with Crippen molar-refractivity contribution in [2.75, 3.05) is 0 Å². The van der Waals surface area contributed by atoms with E-state index >= 15 is 0 Å². The van der Waals surface area contributed by atoms with Crippen LogP contribution in [0.5, 0.6) is 0 Å². The fourth-order valence-electron chi connectivity index (χ4n) is 1.31. The normalized spacial score (nSPS) is 26.1. The zero-order chi connectivity index (χ0) is 9.59. The van der Waals surface area contributed by atoms with Gasteiger partial charge in [0.15, 0.2) is 0 Å². The first-order valence-electron chi connectivity index (χ1n) is 3.68. The van der Waals surface area contributed by atoms with E-state index in [1.165, 1.54) is 0 Å². The lowest BCUT2D eigenvalue weighted by Gasteiger charge is -2.02. The topological polar surface area (TPSA) is 42.9 Å². The van der Waals surface area contributed by atoms with Gasteiger partial charge in [0.25, 0.3) is 0 Å². The molecule has 0 bridgehead atoms. The Morgan fingerprint density at radius 2 is 2.15 bits per heavy atom. The van der Waals surface area contributed by atoms with Crippen LogP contribution in [-0.2, 0) is 16.6 Å². The molecule has 6 heteroatoms. The number of fused-ring (bicyclic) bond motifs is 1. The van der Waals surface area contributed by atoms with Crippen LogP contribution in [0.4, 0.5) is 0 Å². The highest BCUT2D eigenvalue weighted by molar-refractivity contribution is 7.84. The second kappa shape index (κ2) is 3.19. The zero-order valence-corrected chi connectivity index (χ0v) is 9.08. The Labute approximate surface area is 87.9 Å². The number of halogens is 2. The van der Waals surface area contributed by atoms with Gasteiger partial charge in [0.05, 0.1) is 16.7 Å². The third kappa shape index (κ3) is 1.47. The second-order valence-corrected chi connectivity index (χ2v) is 5.27. The molecular formula is C7H6Cl2N2OS. The summed E-state index contributed by atoms with van der Waals surface area (Å²) in [5.41, 5.74) is 1.50. The summed E-state index contributed by atoms with van der Waals surface area (Å²) in [6, 6.07) is 0. The van der Waals surface area contributed by atoms with Gasteiger partial charge in [-0.3, -0.25) is 4.21 Å². The van der Waals surface area contributed by atoms with Crippen molar-refractivity contribution in [3.05, 3.63) is 21.7 Å². The molecule has 1 aliphatic heterocycles. The van der Waals surface area contributed by atoms with Crippen molar-refractivity contribution >= 4 is 34.0 Å². The molecule has 3 nitrogen and oxygen atoms in total. The molecule has 0 saturated heterocycles. The molecule has 0 N–H and O–H groups in total. The van der Waals surface area contributed by atoms with E-state index in [9.17, 15) is 4.21 Å². The fraction of sp³-hybridized carbons (Fsp3) is 0.429. The molecule has 1 aromatic rings. The Morgan fingerprint density at radius 1 is 1.46 bits per heavy atom. The van der Waals surface area contributed by atoms with Gasteiger partial charge in [0, 0.05) is 16.4 Å². The van der Waals surface area contributed by atoms with E-state index in [0.717, 1.165) is 11.3 Å². The maximum Gasteiger partial charge on any atom is 0.224 e. The van der Waals surface area contributed by atoms with Crippen LogP contribution in [0.25, 0.3) is 0 Å². The second-order valence-electron chi connectivity index (χ2n) is 2.81. The standard InChI is InChI=1S/C7H6Cl2N2OS/c1-3-5-4(2-13(3)12)6(8)11-7(9)10-5/h3H,2H2,1H3. The maximum atomic E-state index is 11.4. The van der Waals surface area contributed by atoms with Gasteiger partial charge in [-0.2, -0.15) is 0 Å². The highest BCUT2D eigenvalue weighted by Gasteiger charge is 2.30. The summed E-state index contributed by atoms with van der Waals surface area (Å²) in [6.45, 7) is 1.85. The van der Waals surface area contributed by atoms with Crippen molar-refractivity contribution in [2.45, 2.75) is 17.9 Å². The summed E-state index contributed by atoms with van der Waals surface area (Å²) in [5, 5.41) is 0.357. The van der Waals surface area contributed by atoms with E-state index in [2.05, 4.69) is 9.97 Å². The van der Waals surface area contributed by atoms with Crippen LogP contribution in [-0.4, -0.2) is 14.2 Å². The minimum Gasteiger partial charge on any atom is -0.259 e. The van der Waals surface area contributed by atoms with Crippen LogP contribution in [0.2, 0.25) is 10.4 Å². The van der Waals surface area contributed by atoms with Gasteiger partial charge in [-0.15, -0.1) is 0 Å². The molecule has 13 heavy (non-hydrogen) atoms. The summed E-state index contributed by atoms with van der Waals surface area (Å²) in [7, 11) is -0.928. The monoisotopic (exact) mass is 236 g/mol. The molecule has 1 aliphatic rings. The van der Waals surface area contributed by atoms with Gasteiger partial charge in [-0.1, -0.05) is 11.6 Å². The SMILES string of the molecule is CC1c2nc(Cl)nc(Cl)c2CS1=O. The third-order valence-electron chi connectivity index (χ3n) is 2.03. The molecule has 2 rings (SSSR count). The minimum atomic E-state index is -0.928. The molecular weight excluding hydrogens is 231 g/mol. The first kappa shape index (κ1) is 9.37. The van der Waals surface area contributed by atoms with E-state index in [-0.39, 0.29) is 10.5 Å². The Bertz CT molecular complexity index is 396. The van der Waals surface area contributed by atoms with Crippen LogP contribution >= 0.6 is 23.2 Å². The molecule has 70 valence electrons. The summed E-state index contributed by atoms with van der Waals surface area (Å²) >= 11 is 11.5. The van der Waals surface area contributed by atoms with Crippen molar-refractivity contribution in [1.82, 2.24) is 9.97 Å². The molecule has 2 heterocycles. The van der Waals surface area contributed by atoms with Gasteiger partial charge in [0.1, 0.15) is 5.15 Å². The lowest BCUT2D eigenvalue weighted by atomic mass is 10.2. The predicted molar refractivity (Wildman–Crippen MR) is 52.3 cm³/mol. The summed E-state index contributed by atoms with van der Waals surface area (Å²) in [6.07, 6.45) is 0. The Balaban J connectivity index is 2.63. The van der Waals surface area contributed by atoms with Gasteiger partial charge in [0.2, 0.25) is 5.28 Å². The van der Waals surface area contributed by atoms with Crippen LogP contribution in [0, 0.1) is 0 Å².